The fourth-order valence-electron chi connectivity index (χ4n) is 2.76. The van der Waals surface area contributed by atoms with Crippen molar-refractivity contribution in [2.75, 3.05) is 18.4 Å². The summed E-state index contributed by atoms with van der Waals surface area (Å²) in [5, 5.41) is 5.61. The number of aromatic nitrogens is 1. The number of hydrogen-bond donors (Lipinski definition) is 1. The van der Waals surface area contributed by atoms with E-state index in [1.807, 2.05) is 36.6 Å². The number of carbonyl (C=O) groups is 1. The first-order chi connectivity index (χ1) is 11.1. The first kappa shape index (κ1) is 16.1. The zero-order valence-electron chi connectivity index (χ0n) is 13.7. The molecule has 1 N–H and O–H groups in total. The summed E-state index contributed by atoms with van der Waals surface area (Å²) in [6.07, 6.45) is 2.53. The molecule has 0 aliphatic carbocycles. The maximum Gasteiger partial charge on any atom is 0.257 e. The molecule has 1 aliphatic rings. The Morgan fingerprint density at radius 3 is 2.70 bits per heavy atom. The molecule has 5 heteroatoms. The molecule has 0 spiro atoms. The summed E-state index contributed by atoms with van der Waals surface area (Å²) >= 11 is 1.50. The van der Waals surface area contributed by atoms with Crippen LogP contribution < -0.4 is 5.32 Å². The Bertz CT molecular complexity index is 657. The number of likely N-dealkylation sites (tertiary alicyclic amines) is 1. The highest BCUT2D eigenvalue weighted by molar-refractivity contribution is 7.13. The van der Waals surface area contributed by atoms with Crippen LogP contribution in [0.1, 0.15) is 41.4 Å². The second-order valence-electron chi connectivity index (χ2n) is 6.42. The summed E-state index contributed by atoms with van der Waals surface area (Å²) in [5.74, 6) is 0.740. The maximum atomic E-state index is 12.2. The molecule has 1 amide bonds. The van der Waals surface area contributed by atoms with Crippen LogP contribution in [0.2, 0.25) is 0 Å². The molecule has 2 heterocycles. The largest absolute Gasteiger partial charge is 0.298 e. The van der Waals surface area contributed by atoms with Crippen LogP contribution in [-0.2, 0) is 6.54 Å². The van der Waals surface area contributed by atoms with E-state index in [4.69, 9.17) is 0 Å². The Morgan fingerprint density at radius 1 is 1.30 bits per heavy atom. The molecule has 0 radical (unpaired) electrons. The smallest absolute Gasteiger partial charge is 0.257 e. The molecule has 1 saturated heterocycles. The molecule has 1 aromatic heterocycles. The van der Waals surface area contributed by atoms with Crippen molar-refractivity contribution < 1.29 is 4.79 Å². The third-order valence-corrected chi connectivity index (χ3v) is 5.15. The van der Waals surface area contributed by atoms with Gasteiger partial charge in [0.25, 0.3) is 5.91 Å². The van der Waals surface area contributed by atoms with E-state index < -0.39 is 0 Å². The summed E-state index contributed by atoms with van der Waals surface area (Å²) in [6, 6.07) is 7.57. The van der Waals surface area contributed by atoms with Crippen LogP contribution in [0.3, 0.4) is 0 Å². The molecule has 23 heavy (non-hydrogen) atoms. The second kappa shape index (κ2) is 7.23. The maximum absolute atomic E-state index is 12.2. The van der Waals surface area contributed by atoms with E-state index in [0.29, 0.717) is 10.7 Å². The highest BCUT2D eigenvalue weighted by atomic mass is 32.1. The van der Waals surface area contributed by atoms with Crippen LogP contribution in [0, 0.1) is 12.8 Å². The molecular formula is C18H23N3OS. The predicted octanol–water partition coefficient (Wildman–Crippen LogP) is 3.94. The monoisotopic (exact) mass is 329 g/mol. The van der Waals surface area contributed by atoms with Crippen LogP contribution in [0.25, 0.3) is 0 Å². The van der Waals surface area contributed by atoms with Gasteiger partial charge in [-0.05, 0) is 50.9 Å². The molecule has 2 aromatic rings. The number of anilines is 1. The third kappa shape index (κ3) is 4.39. The number of rotatable bonds is 4. The Kier molecular flexibility index (Phi) is 5.08. The number of aryl methyl sites for hydroxylation is 1. The van der Waals surface area contributed by atoms with Gasteiger partial charge in [-0.1, -0.05) is 24.6 Å². The van der Waals surface area contributed by atoms with Crippen molar-refractivity contribution in [1.82, 2.24) is 9.88 Å². The Hall–Kier alpha value is -1.72. The van der Waals surface area contributed by atoms with Crippen molar-refractivity contribution in [2.24, 2.45) is 5.92 Å². The van der Waals surface area contributed by atoms with Crippen LogP contribution >= 0.6 is 11.3 Å². The summed E-state index contributed by atoms with van der Waals surface area (Å²) in [5.41, 5.74) is 2.86. The number of hydrogen-bond acceptors (Lipinski definition) is 4. The highest BCUT2D eigenvalue weighted by Gasteiger charge is 2.17. The zero-order chi connectivity index (χ0) is 16.2. The molecule has 122 valence electrons. The lowest BCUT2D eigenvalue weighted by atomic mass is 9.99. The van der Waals surface area contributed by atoms with Gasteiger partial charge in [0.1, 0.15) is 0 Å². The molecule has 0 bridgehead atoms. The SMILES string of the molecule is Cc1ccc(C(=O)Nc2nc(CN3CCC(C)CC3)cs2)cc1. The normalized spacial score (nSPS) is 16.4. The number of piperidine rings is 1. The van der Waals surface area contributed by atoms with Gasteiger partial charge < -0.3 is 0 Å². The summed E-state index contributed by atoms with van der Waals surface area (Å²) < 4.78 is 0. The summed E-state index contributed by atoms with van der Waals surface area (Å²) in [7, 11) is 0. The quantitative estimate of drug-likeness (QED) is 0.924. The first-order valence-electron chi connectivity index (χ1n) is 8.15. The lowest BCUT2D eigenvalue weighted by Crippen LogP contribution is -2.32. The molecular weight excluding hydrogens is 306 g/mol. The molecule has 4 nitrogen and oxygen atoms in total. The van der Waals surface area contributed by atoms with E-state index in [9.17, 15) is 4.79 Å². The van der Waals surface area contributed by atoms with E-state index in [0.717, 1.165) is 36.8 Å². The number of amides is 1. The Balaban J connectivity index is 1.56. The van der Waals surface area contributed by atoms with Crippen LogP contribution in [0.4, 0.5) is 5.13 Å². The van der Waals surface area contributed by atoms with Crippen LogP contribution in [-0.4, -0.2) is 28.9 Å². The number of nitrogens with zero attached hydrogens (tertiary/aromatic N) is 2. The molecule has 0 saturated carbocycles. The van der Waals surface area contributed by atoms with Crippen molar-refractivity contribution in [3.8, 4) is 0 Å². The third-order valence-electron chi connectivity index (χ3n) is 4.35. The highest BCUT2D eigenvalue weighted by Crippen LogP contribution is 2.21. The van der Waals surface area contributed by atoms with Crippen LogP contribution in [0.5, 0.6) is 0 Å². The standard InChI is InChI=1S/C18H23N3OS/c1-13-3-5-15(6-4-13)17(22)20-18-19-16(12-23-18)11-21-9-7-14(2)8-10-21/h3-6,12,14H,7-11H2,1-2H3,(H,19,20,22). The average Bonchev–Trinajstić information content (AvgIpc) is 2.97. The molecule has 1 aliphatic heterocycles. The topological polar surface area (TPSA) is 45.2 Å². The van der Waals surface area contributed by atoms with E-state index in [2.05, 4.69) is 22.1 Å². The van der Waals surface area contributed by atoms with E-state index in [1.54, 1.807) is 0 Å². The van der Waals surface area contributed by atoms with Crippen molar-refractivity contribution in [2.45, 2.75) is 33.2 Å². The molecule has 0 atom stereocenters. The van der Waals surface area contributed by atoms with E-state index in [1.165, 1.54) is 24.2 Å². The minimum Gasteiger partial charge on any atom is -0.298 e. The number of benzene rings is 1. The molecule has 1 fully saturated rings. The van der Waals surface area contributed by atoms with Gasteiger partial charge in [0.05, 0.1) is 5.69 Å². The van der Waals surface area contributed by atoms with Gasteiger partial charge in [0.2, 0.25) is 0 Å². The predicted molar refractivity (Wildman–Crippen MR) is 94.9 cm³/mol. The summed E-state index contributed by atoms with van der Waals surface area (Å²) in [4.78, 5) is 19.2. The number of thiazole rings is 1. The average molecular weight is 329 g/mol. The minimum atomic E-state index is -0.0994. The van der Waals surface area contributed by atoms with Gasteiger partial charge in [-0.3, -0.25) is 15.0 Å². The van der Waals surface area contributed by atoms with Crippen molar-refractivity contribution in [3.05, 3.63) is 46.5 Å². The van der Waals surface area contributed by atoms with Gasteiger partial charge in [-0.15, -0.1) is 11.3 Å². The van der Waals surface area contributed by atoms with Gasteiger partial charge >= 0.3 is 0 Å². The fourth-order valence-corrected chi connectivity index (χ4v) is 3.46. The van der Waals surface area contributed by atoms with E-state index in [-0.39, 0.29) is 5.91 Å². The Morgan fingerprint density at radius 2 is 2.00 bits per heavy atom. The minimum absolute atomic E-state index is 0.0994. The van der Waals surface area contributed by atoms with Gasteiger partial charge in [0, 0.05) is 17.5 Å². The lowest BCUT2D eigenvalue weighted by Gasteiger charge is -2.29. The second-order valence-corrected chi connectivity index (χ2v) is 7.28. The van der Waals surface area contributed by atoms with Gasteiger partial charge in [-0.25, -0.2) is 4.98 Å². The van der Waals surface area contributed by atoms with Crippen molar-refractivity contribution >= 4 is 22.4 Å². The number of nitrogens with one attached hydrogen (secondary N) is 1. The fraction of sp³-hybridized carbons (Fsp3) is 0.444. The zero-order valence-corrected chi connectivity index (χ0v) is 14.5. The van der Waals surface area contributed by atoms with Crippen molar-refractivity contribution in [3.63, 3.8) is 0 Å². The Labute approximate surface area is 141 Å². The van der Waals surface area contributed by atoms with Gasteiger partial charge in [-0.2, -0.15) is 0 Å². The molecule has 1 aromatic carbocycles. The van der Waals surface area contributed by atoms with E-state index >= 15 is 0 Å². The van der Waals surface area contributed by atoms with Crippen LogP contribution in [0.15, 0.2) is 29.6 Å². The first-order valence-corrected chi connectivity index (χ1v) is 9.03. The lowest BCUT2D eigenvalue weighted by molar-refractivity contribution is 0.102. The summed E-state index contributed by atoms with van der Waals surface area (Å²) in [6.45, 7) is 7.49. The van der Waals surface area contributed by atoms with Gasteiger partial charge in [0.15, 0.2) is 5.13 Å². The van der Waals surface area contributed by atoms with Crippen molar-refractivity contribution in [1.29, 1.82) is 0 Å². The number of carbonyl (C=O) groups excluding carboxylic acids is 1. The molecule has 3 rings (SSSR count). The molecule has 0 unspecified atom stereocenters.